The molecule has 4 rings (SSSR count). The van der Waals surface area contributed by atoms with E-state index >= 15 is 0 Å². The average Bonchev–Trinajstić information content (AvgIpc) is 3.14. The van der Waals surface area contributed by atoms with Crippen LogP contribution in [0, 0.1) is 5.92 Å². The van der Waals surface area contributed by atoms with Crippen molar-refractivity contribution in [3.63, 3.8) is 0 Å². The number of halogens is 4. The number of nitrogens with one attached hydrogen (secondary N) is 2. The molecule has 0 spiro atoms. The molecule has 0 fully saturated rings. The second-order valence-electron chi connectivity index (χ2n) is 8.23. The number of anilines is 1. The number of amides is 1. The van der Waals surface area contributed by atoms with Gasteiger partial charge in [0, 0.05) is 28.8 Å². The highest BCUT2D eigenvalue weighted by atomic mass is 35.5. The Balaban J connectivity index is 1.86. The highest BCUT2D eigenvalue weighted by molar-refractivity contribution is 6.30. The zero-order valence-corrected chi connectivity index (χ0v) is 19.0. The molecule has 10 heteroatoms. The summed E-state index contributed by atoms with van der Waals surface area (Å²) in [5.74, 6) is 0.0103. The first kappa shape index (κ1) is 23.6. The third-order valence-electron chi connectivity index (χ3n) is 5.07. The van der Waals surface area contributed by atoms with Crippen molar-refractivity contribution in [3.8, 4) is 22.4 Å². The van der Waals surface area contributed by atoms with E-state index in [0.717, 1.165) is 10.6 Å². The van der Waals surface area contributed by atoms with E-state index in [1.165, 1.54) is 24.3 Å². The average molecular weight is 489 g/mol. The molecule has 0 aliphatic carbocycles. The number of aromatic amines is 1. The minimum atomic E-state index is -4.75. The van der Waals surface area contributed by atoms with Crippen molar-refractivity contribution in [2.75, 3.05) is 5.32 Å². The lowest BCUT2D eigenvalue weighted by Crippen LogP contribution is -2.16. The molecule has 0 saturated heterocycles. The fraction of sp³-hybridized carbons (Fsp3) is 0.208. The zero-order valence-electron chi connectivity index (χ0n) is 18.2. The standard InChI is InChI=1S/C24H20ClF3N4O2/c1-13(2)10-19(33)29-17-5-3-4-15(11-17)18-12-20(34)32-23(30-18)21(22(31-32)24(26,27)28)14-6-8-16(25)9-7-14/h3-9,11-13,31H,10H2,1-2H3,(H,29,33). The summed E-state index contributed by atoms with van der Waals surface area (Å²) in [5.41, 5.74) is -0.892. The smallest absolute Gasteiger partial charge is 0.326 e. The summed E-state index contributed by atoms with van der Waals surface area (Å²) in [7, 11) is 0. The van der Waals surface area contributed by atoms with E-state index in [2.05, 4.69) is 15.4 Å². The van der Waals surface area contributed by atoms with Crippen molar-refractivity contribution in [3.05, 3.63) is 75.7 Å². The first-order chi connectivity index (χ1) is 16.0. The summed E-state index contributed by atoms with van der Waals surface area (Å²) in [6.45, 7) is 3.85. The maximum Gasteiger partial charge on any atom is 0.433 e. The van der Waals surface area contributed by atoms with Gasteiger partial charge in [-0.2, -0.15) is 13.2 Å². The second-order valence-corrected chi connectivity index (χ2v) is 8.67. The van der Waals surface area contributed by atoms with Crippen LogP contribution in [0.1, 0.15) is 26.0 Å². The highest BCUT2D eigenvalue weighted by Gasteiger charge is 2.38. The molecule has 2 N–H and O–H groups in total. The van der Waals surface area contributed by atoms with Gasteiger partial charge in [-0.25, -0.2) is 9.50 Å². The molecule has 176 valence electrons. The normalized spacial score (nSPS) is 11.9. The number of alkyl halides is 3. The quantitative estimate of drug-likeness (QED) is 0.361. The maximum absolute atomic E-state index is 13.8. The second kappa shape index (κ2) is 8.98. The topological polar surface area (TPSA) is 79.3 Å². The molecule has 0 atom stereocenters. The summed E-state index contributed by atoms with van der Waals surface area (Å²) in [6.07, 6.45) is -4.42. The Morgan fingerprint density at radius 1 is 1.12 bits per heavy atom. The first-order valence-electron chi connectivity index (χ1n) is 10.4. The minimum Gasteiger partial charge on any atom is -0.326 e. The van der Waals surface area contributed by atoms with Crippen LogP contribution in [0.2, 0.25) is 5.02 Å². The van der Waals surface area contributed by atoms with E-state index in [9.17, 15) is 22.8 Å². The largest absolute Gasteiger partial charge is 0.433 e. The number of H-pyrrole nitrogens is 1. The van der Waals surface area contributed by atoms with E-state index in [1.807, 2.05) is 13.8 Å². The van der Waals surface area contributed by atoms with Crippen LogP contribution in [0.3, 0.4) is 0 Å². The molecule has 4 aromatic rings. The molecular formula is C24H20ClF3N4O2. The Kier molecular flexibility index (Phi) is 6.22. The number of carbonyl (C=O) groups is 1. The molecule has 0 aliphatic rings. The van der Waals surface area contributed by atoms with Crippen LogP contribution in [0.4, 0.5) is 18.9 Å². The van der Waals surface area contributed by atoms with Gasteiger partial charge in [-0.1, -0.05) is 49.7 Å². The van der Waals surface area contributed by atoms with Crippen LogP contribution >= 0.6 is 11.6 Å². The summed E-state index contributed by atoms with van der Waals surface area (Å²) >= 11 is 5.90. The summed E-state index contributed by atoms with van der Waals surface area (Å²) in [6, 6.07) is 13.6. The number of hydrogen-bond donors (Lipinski definition) is 2. The van der Waals surface area contributed by atoms with Gasteiger partial charge in [0.2, 0.25) is 5.91 Å². The monoisotopic (exact) mass is 488 g/mol. The van der Waals surface area contributed by atoms with Crippen LogP contribution in [0.15, 0.2) is 59.4 Å². The fourth-order valence-electron chi connectivity index (χ4n) is 3.62. The molecule has 0 aliphatic heterocycles. The Morgan fingerprint density at radius 2 is 1.82 bits per heavy atom. The van der Waals surface area contributed by atoms with Crippen molar-refractivity contribution in [1.29, 1.82) is 0 Å². The van der Waals surface area contributed by atoms with E-state index in [1.54, 1.807) is 24.3 Å². The maximum atomic E-state index is 13.8. The number of rotatable bonds is 5. The predicted molar refractivity (Wildman–Crippen MR) is 125 cm³/mol. The Bertz CT molecular complexity index is 1420. The Labute approximate surface area is 197 Å². The minimum absolute atomic E-state index is 0.166. The van der Waals surface area contributed by atoms with E-state index < -0.39 is 17.4 Å². The number of fused-ring (bicyclic) bond motifs is 1. The van der Waals surface area contributed by atoms with E-state index in [0.29, 0.717) is 22.7 Å². The molecule has 2 heterocycles. The molecular weight excluding hydrogens is 469 g/mol. The summed E-state index contributed by atoms with van der Waals surface area (Å²) in [5, 5.41) is 5.29. The van der Waals surface area contributed by atoms with Gasteiger partial charge in [0.05, 0.1) is 11.3 Å². The van der Waals surface area contributed by atoms with Crippen LogP contribution < -0.4 is 10.9 Å². The lowest BCUT2D eigenvalue weighted by atomic mass is 10.1. The van der Waals surface area contributed by atoms with E-state index in [4.69, 9.17) is 11.6 Å². The lowest BCUT2D eigenvalue weighted by molar-refractivity contribution is -0.140. The summed E-state index contributed by atoms with van der Waals surface area (Å²) < 4.78 is 42.3. The van der Waals surface area contributed by atoms with Crippen LogP contribution in [0.25, 0.3) is 28.0 Å². The molecule has 0 saturated carbocycles. The SMILES string of the molecule is CC(C)CC(=O)Nc1cccc(-c2cc(=O)n3[nH]c(C(F)(F)F)c(-c4ccc(Cl)cc4)c3n2)c1. The fourth-order valence-corrected chi connectivity index (χ4v) is 3.75. The van der Waals surface area contributed by atoms with Crippen LogP contribution in [0.5, 0.6) is 0 Å². The van der Waals surface area contributed by atoms with Gasteiger partial charge >= 0.3 is 6.18 Å². The van der Waals surface area contributed by atoms with Gasteiger partial charge in [-0.15, -0.1) is 0 Å². The Morgan fingerprint density at radius 3 is 2.47 bits per heavy atom. The van der Waals surface area contributed by atoms with Gasteiger partial charge in [0.15, 0.2) is 5.65 Å². The van der Waals surface area contributed by atoms with Gasteiger partial charge in [-0.05, 0) is 35.7 Å². The molecule has 0 bridgehead atoms. The van der Waals surface area contributed by atoms with Gasteiger partial charge in [-0.3, -0.25) is 14.7 Å². The molecule has 6 nitrogen and oxygen atoms in total. The third kappa shape index (κ3) is 4.84. The van der Waals surface area contributed by atoms with E-state index in [-0.39, 0.29) is 34.3 Å². The number of benzene rings is 2. The summed E-state index contributed by atoms with van der Waals surface area (Å²) in [4.78, 5) is 29.3. The molecule has 1 amide bonds. The van der Waals surface area contributed by atoms with Gasteiger partial charge in [0.25, 0.3) is 5.56 Å². The van der Waals surface area contributed by atoms with Crippen molar-refractivity contribution in [2.24, 2.45) is 5.92 Å². The van der Waals surface area contributed by atoms with Crippen molar-refractivity contribution in [2.45, 2.75) is 26.4 Å². The first-order valence-corrected chi connectivity index (χ1v) is 10.8. The number of nitrogens with zero attached hydrogens (tertiary/aromatic N) is 2. The van der Waals surface area contributed by atoms with Gasteiger partial charge < -0.3 is 5.32 Å². The lowest BCUT2D eigenvalue weighted by Gasteiger charge is -2.09. The van der Waals surface area contributed by atoms with Crippen molar-refractivity contribution >= 4 is 28.8 Å². The zero-order chi connectivity index (χ0) is 24.6. The third-order valence-corrected chi connectivity index (χ3v) is 5.32. The predicted octanol–water partition coefficient (Wildman–Crippen LogP) is 6.01. The molecule has 0 radical (unpaired) electrons. The van der Waals surface area contributed by atoms with Crippen LogP contribution in [-0.2, 0) is 11.0 Å². The molecule has 34 heavy (non-hydrogen) atoms. The van der Waals surface area contributed by atoms with Gasteiger partial charge in [0.1, 0.15) is 5.69 Å². The van der Waals surface area contributed by atoms with Crippen molar-refractivity contribution in [1.82, 2.24) is 14.6 Å². The molecule has 0 unspecified atom stereocenters. The number of hydrogen-bond acceptors (Lipinski definition) is 3. The number of carbonyl (C=O) groups excluding carboxylic acids is 1. The number of aromatic nitrogens is 3. The highest BCUT2D eigenvalue weighted by Crippen LogP contribution is 2.38. The Hall–Kier alpha value is -3.59. The molecule has 2 aromatic heterocycles. The molecule has 2 aromatic carbocycles. The van der Waals surface area contributed by atoms with Crippen LogP contribution in [-0.4, -0.2) is 20.5 Å². The van der Waals surface area contributed by atoms with Crippen molar-refractivity contribution < 1.29 is 18.0 Å².